The highest BCUT2D eigenvalue weighted by atomic mass is 16.5. The Labute approximate surface area is 179 Å². The van der Waals surface area contributed by atoms with Gasteiger partial charge in [0.05, 0.1) is 26.0 Å². The monoisotopic (exact) mass is 402 g/mol. The minimum atomic E-state index is 0.171. The van der Waals surface area contributed by atoms with Gasteiger partial charge in [0.2, 0.25) is 0 Å². The van der Waals surface area contributed by atoms with Gasteiger partial charge in [-0.1, -0.05) is 43.3 Å². The van der Waals surface area contributed by atoms with Gasteiger partial charge in [-0.05, 0) is 66.1 Å². The van der Waals surface area contributed by atoms with Crippen LogP contribution in [0.3, 0.4) is 0 Å². The minimum Gasteiger partial charge on any atom is -0.493 e. The molecule has 0 fully saturated rings. The number of hydrogen-bond donors (Lipinski definition) is 1. The Kier molecular flexibility index (Phi) is 6.05. The minimum absolute atomic E-state index is 0.171. The number of nitrogens with one attached hydrogen (secondary N) is 1. The quantitative estimate of drug-likeness (QED) is 0.589. The van der Waals surface area contributed by atoms with E-state index < -0.39 is 0 Å². The van der Waals surface area contributed by atoms with Crippen molar-refractivity contribution in [3.05, 3.63) is 88.7 Å². The Morgan fingerprint density at radius 3 is 2.43 bits per heavy atom. The zero-order chi connectivity index (χ0) is 21.1. The van der Waals surface area contributed by atoms with Gasteiger partial charge in [-0.25, -0.2) is 0 Å². The molecule has 2 heterocycles. The molecule has 4 heteroatoms. The van der Waals surface area contributed by atoms with E-state index in [0.717, 1.165) is 30.0 Å². The van der Waals surface area contributed by atoms with Gasteiger partial charge in [0.25, 0.3) is 0 Å². The highest BCUT2D eigenvalue weighted by molar-refractivity contribution is 5.50. The van der Waals surface area contributed by atoms with Crippen molar-refractivity contribution in [3.63, 3.8) is 0 Å². The molecule has 4 nitrogen and oxygen atoms in total. The molecular formula is C26H30N2O2. The van der Waals surface area contributed by atoms with Crippen LogP contribution in [0.25, 0.3) is 0 Å². The molecule has 0 amide bonds. The zero-order valence-corrected chi connectivity index (χ0v) is 18.2. The molecule has 0 saturated carbocycles. The van der Waals surface area contributed by atoms with Crippen LogP contribution in [-0.2, 0) is 6.42 Å². The first-order chi connectivity index (χ1) is 14.6. The van der Waals surface area contributed by atoms with Gasteiger partial charge in [0.15, 0.2) is 11.5 Å². The van der Waals surface area contributed by atoms with E-state index in [1.807, 2.05) is 6.20 Å². The molecule has 1 aliphatic heterocycles. The van der Waals surface area contributed by atoms with Gasteiger partial charge >= 0.3 is 0 Å². The predicted octanol–water partition coefficient (Wildman–Crippen LogP) is 5.53. The number of hydrogen-bond acceptors (Lipinski definition) is 4. The topological polar surface area (TPSA) is 43.4 Å². The standard InChI is InChI=1S/C26H30N2O2/c1-17-10-11-22(27-16-17)24-13-20-14-25(29-3)26(30-4)15-21(20)23(28-24)12-18(2)19-8-6-5-7-9-19/h5-11,14-16,18,23-24,28H,12-13H2,1-4H3/t18-,23+,24+/m0/s1. The Hall–Kier alpha value is -2.85. The number of aryl methyl sites for hydroxylation is 1. The average molecular weight is 403 g/mol. The maximum Gasteiger partial charge on any atom is 0.161 e. The molecule has 3 atom stereocenters. The van der Waals surface area contributed by atoms with Gasteiger partial charge in [0, 0.05) is 12.2 Å². The molecule has 3 aromatic rings. The number of fused-ring (bicyclic) bond motifs is 1. The Morgan fingerprint density at radius 1 is 1.03 bits per heavy atom. The lowest BCUT2D eigenvalue weighted by Crippen LogP contribution is -2.34. The highest BCUT2D eigenvalue weighted by Crippen LogP contribution is 2.41. The van der Waals surface area contributed by atoms with Gasteiger partial charge in [0.1, 0.15) is 0 Å². The normalized spacial score (nSPS) is 19.1. The van der Waals surface area contributed by atoms with Crippen LogP contribution in [0, 0.1) is 6.92 Å². The predicted molar refractivity (Wildman–Crippen MR) is 120 cm³/mol. The van der Waals surface area contributed by atoms with E-state index in [0.29, 0.717) is 5.92 Å². The van der Waals surface area contributed by atoms with Gasteiger partial charge in [-0.3, -0.25) is 4.98 Å². The summed E-state index contributed by atoms with van der Waals surface area (Å²) in [7, 11) is 3.39. The van der Waals surface area contributed by atoms with Crippen LogP contribution in [0.4, 0.5) is 0 Å². The van der Waals surface area contributed by atoms with Crippen LogP contribution in [0.5, 0.6) is 11.5 Å². The molecule has 0 bridgehead atoms. The third-order valence-corrected chi connectivity index (χ3v) is 6.10. The fraction of sp³-hybridized carbons (Fsp3) is 0.346. The summed E-state index contributed by atoms with van der Waals surface area (Å²) in [6, 6.07) is 19.6. The number of ether oxygens (including phenoxy) is 2. The molecule has 0 radical (unpaired) electrons. The fourth-order valence-electron chi connectivity index (χ4n) is 4.39. The van der Waals surface area contributed by atoms with Crippen molar-refractivity contribution in [2.24, 2.45) is 0 Å². The zero-order valence-electron chi connectivity index (χ0n) is 18.2. The van der Waals surface area contributed by atoms with Crippen LogP contribution in [-0.4, -0.2) is 19.2 Å². The van der Waals surface area contributed by atoms with E-state index >= 15 is 0 Å². The molecular weight excluding hydrogens is 372 g/mol. The second-order valence-electron chi connectivity index (χ2n) is 8.19. The molecule has 4 rings (SSSR count). The van der Waals surface area contributed by atoms with Crippen molar-refractivity contribution in [1.29, 1.82) is 0 Å². The van der Waals surface area contributed by atoms with Crippen molar-refractivity contribution in [2.45, 2.75) is 44.7 Å². The van der Waals surface area contributed by atoms with Gasteiger partial charge < -0.3 is 14.8 Å². The van der Waals surface area contributed by atoms with E-state index in [2.05, 4.69) is 73.8 Å². The van der Waals surface area contributed by atoms with E-state index in [9.17, 15) is 0 Å². The summed E-state index contributed by atoms with van der Waals surface area (Å²) >= 11 is 0. The molecule has 30 heavy (non-hydrogen) atoms. The molecule has 0 spiro atoms. The number of methoxy groups -OCH3 is 2. The Bertz CT molecular complexity index is 986. The second-order valence-corrected chi connectivity index (χ2v) is 8.19. The lowest BCUT2D eigenvalue weighted by atomic mass is 9.83. The summed E-state index contributed by atoms with van der Waals surface area (Å²) in [4.78, 5) is 4.70. The highest BCUT2D eigenvalue weighted by Gasteiger charge is 2.30. The third-order valence-electron chi connectivity index (χ3n) is 6.10. The van der Waals surface area contributed by atoms with Crippen molar-refractivity contribution in [1.82, 2.24) is 10.3 Å². The van der Waals surface area contributed by atoms with Crippen LogP contribution >= 0.6 is 0 Å². The number of rotatable bonds is 6. The van der Waals surface area contributed by atoms with Gasteiger partial charge in [-0.15, -0.1) is 0 Å². The molecule has 156 valence electrons. The summed E-state index contributed by atoms with van der Waals surface area (Å²) < 4.78 is 11.2. The lowest BCUT2D eigenvalue weighted by Gasteiger charge is -2.35. The number of aromatic nitrogens is 1. The maximum absolute atomic E-state index is 5.60. The van der Waals surface area contributed by atoms with Crippen molar-refractivity contribution in [3.8, 4) is 11.5 Å². The lowest BCUT2D eigenvalue weighted by molar-refractivity contribution is 0.343. The average Bonchev–Trinajstić information content (AvgIpc) is 2.79. The third kappa shape index (κ3) is 4.19. The fourth-order valence-corrected chi connectivity index (χ4v) is 4.39. The largest absolute Gasteiger partial charge is 0.493 e. The summed E-state index contributed by atoms with van der Waals surface area (Å²) in [6.45, 7) is 4.37. The van der Waals surface area contributed by atoms with E-state index in [4.69, 9.17) is 14.5 Å². The first-order valence-corrected chi connectivity index (χ1v) is 10.6. The smallest absolute Gasteiger partial charge is 0.161 e. The van der Waals surface area contributed by atoms with Crippen molar-refractivity contribution in [2.75, 3.05) is 14.2 Å². The van der Waals surface area contributed by atoms with Crippen LogP contribution < -0.4 is 14.8 Å². The number of nitrogens with zero attached hydrogens (tertiary/aromatic N) is 1. The molecule has 1 aromatic heterocycles. The van der Waals surface area contributed by atoms with E-state index in [1.165, 1.54) is 22.3 Å². The van der Waals surface area contributed by atoms with Crippen LogP contribution in [0.1, 0.15) is 59.3 Å². The maximum atomic E-state index is 5.60. The summed E-state index contributed by atoms with van der Waals surface area (Å²) in [5, 5.41) is 3.88. The molecule has 1 N–H and O–H groups in total. The SMILES string of the molecule is COc1cc2c(cc1OC)[C@@H](C[C@H](C)c1ccccc1)N[C@@H](c1ccc(C)cn1)C2. The molecule has 0 unspecified atom stereocenters. The Morgan fingerprint density at radius 2 is 1.77 bits per heavy atom. The first kappa shape index (κ1) is 20.4. The van der Waals surface area contributed by atoms with Crippen molar-refractivity contribution < 1.29 is 9.47 Å². The van der Waals surface area contributed by atoms with Gasteiger partial charge in [-0.2, -0.15) is 0 Å². The molecule has 1 aliphatic rings. The molecule has 0 aliphatic carbocycles. The second kappa shape index (κ2) is 8.88. The van der Waals surface area contributed by atoms with Crippen LogP contribution in [0.15, 0.2) is 60.8 Å². The number of pyridine rings is 1. The summed E-state index contributed by atoms with van der Waals surface area (Å²) in [5.74, 6) is 1.99. The molecule has 2 aromatic carbocycles. The van der Waals surface area contributed by atoms with Crippen LogP contribution in [0.2, 0.25) is 0 Å². The Balaban J connectivity index is 1.70. The van der Waals surface area contributed by atoms with E-state index in [-0.39, 0.29) is 12.1 Å². The van der Waals surface area contributed by atoms with Crippen molar-refractivity contribution >= 4 is 0 Å². The molecule has 0 saturated heterocycles. The first-order valence-electron chi connectivity index (χ1n) is 10.6. The summed E-state index contributed by atoms with van der Waals surface area (Å²) in [5.41, 5.74) is 6.20. The van der Waals surface area contributed by atoms with E-state index in [1.54, 1.807) is 14.2 Å². The summed E-state index contributed by atoms with van der Waals surface area (Å²) in [6.07, 6.45) is 3.82. The number of benzene rings is 2.